The molecule has 0 radical (unpaired) electrons. The average molecular weight is 359 g/mol. The SMILES string of the molecule is CC(C)(C)C(=O)Cc1nc(-c2ccc(F)c(F)c2Br)no1. The molecule has 0 aliphatic carbocycles. The van der Waals surface area contributed by atoms with Gasteiger partial charge in [-0.1, -0.05) is 25.9 Å². The van der Waals surface area contributed by atoms with Crippen LogP contribution in [0.3, 0.4) is 0 Å². The van der Waals surface area contributed by atoms with Crippen LogP contribution in [0.15, 0.2) is 21.1 Å². The molecule has 112 valence electrons. The lowest BCUT2D eigenvalue weighted by Crippen LogP contribution is -2.22. The molecule has 0 fully saturated rings. The Labute approximate surface area is 128 Å². The third-order valence-electron chi connectivity index (χ3n) is 2.89. The number of nitrogens with zero attached hydrogens (tertiary/aromatic N) is 2. The molecular formula is C14H13BrF2N2O2. The molecule has 0 bridgehead atoms. The minimum absolute atomic E-state index is 0.00219. The molecule has 0 amide bonds. The first-order chi connectivity index (χ1) is 9.70. The fraction of sp³-hybridized carbons (Fsp3) is 0.357. The van der Waals surface area contributed by atoms with E-state index in [1.807, 2.05) is 0 Å². The normalized spacial score (nSPS) is 11.7. The Hall–Kier alpha value is -1.63. The highest BCUT2D eigenvalue weighted by atomic mass is 79.9. The number of halogens is 3. The number of hydrogen-bond donors (Lipinski definition) is 0. The summed E-state index contributed by atoms with van der Waals surface area (Å²) in [4.78, 5) is 15.9. The molecule has 7 heteroatoms. The molecular weight excluding hydrogens is 346 g/mol. The molecule has 0 unspecified atom stereocenters. The summed E-state index contributed by atoms with van der Waals surface area (Å²) in [6.45, 7) is 5.37. The molecule has 1 aromatic carbocycles. The van der Waals surface area contributed by atoms with Crippen molar-refractivity contribution in [1.29, 1.82) is 0 Å². The second-order valence-electron chi connectivity index (χ2n) is 5.58. The molecule has 1 heterocycles. The summed E-state index contributed by atoms with van der Waals surface area (Å²) < 4.78 is 31.5. The predicted octanol–water partition coefficient (Wildman–Crippen LogP) is 3.94. The van der Waals surface area contributed by atoms with Gasteiger partial charge in [-0.3, -0.25) is 4.79 Å². The molecule has 0 saturated heterocycles. The molecule has 1 aromatic heterocycles. The van der Waals surface area contributed by atoms with Gasteiger partial charge in [-0.2, -0.15) is 4.98 Å². The van der Waals surface area contributed by atoms with E-state index in [1.54, 1.807) is 20.8 Å². The first kappa shape index (κ1) is 15.8. The van der Waals surface area contributed by atoms with Crippen LogP contribution in [0.4, 0.5) is 8.78 Å². The van der Waals surface area contributed by atoms with Gasteiger partial charge < -0.3 is 4.52 Å². The lowest BCUT2D eigenvalue weighted by Gasteiger charge is -2.14. The van der Waals surface area contributed by atoms with Gasteiger partial charge in [0, 0.05) is 11.0 Å². The maximum absolute atomic E-state index is 13.5. The Balaban J connectivity index is 2.29. The Bertz CT molecular complexity index is 693. The number of carbonyl (C=O) groups is 1. The minimum atomic E-state index is -1.02. The van der Waals surface area contributed by atoms with E-state index in [1.165, 1.54) is 6.07 Å². The van der Waals surface area contributed by atoms with Crippen LogP contribution in [-0.4, -0.2) is 15.9 Å². The van der Waals surface area contributed by atoms with Gasteiger partial charge in [-0.15, -0.1) is 0 Å². The Kier molecular flexibility index (Phi) is 4.22. The average Bonchev–Trinajstić information content (AvgIpc) is 2.83. The third-order valence-corrected chi connectivity index (χ3v) is 3.67. The van der Waals surface area contributed by atoms with Crippen molar-refractivity contribution in [2.45, 2.75) is 27.2 Å². The molecule has 0 aliphatic heterocycles. The van der Waals surface area contributed by atoms with Crippen LogP contribution in [0.1, 0.15) is 26.7 Å². The number of carbonyl (C=O) groups excluding carboxylic acids is 1. The van der Waals surface area contributed by atoms with E-state index in [4.69, 9.17) is 4.52 Å². The van der Waals surface area contributed by atoms with Gasteiger partial charge in [0.25, 0.3) is 0 Å². The van der Waals surface area contributed by atoms with Crippen molar-refractivity contribution in [2.75, 3.05) is 0 Å². The third kappa shape index (κ3) is 3.34. The second kappa shape index (κ2) is 5.63. The lowest BCUT2D eigenvalue weighted by molar-refractivity contribution is -0.125. The highest BCUT2D eigenvalue weighted by Crippen LogP contribution is 2.30. The molecule has 4 nitrogen and oxygen atoms in total. The number of rotatable bonds is 3. The van der Waals surface area contributed by atoms with Crippen molar-refractivity contribution in [2.24, 2.45) is 5.41 Å². The van der Waals surface area contributed by atoms with Gasteiger partial charge in [0.1, 0.15) is 5.78 Å². The molecule has 2 aromatic rings. The van der Waals surface area contributed by atoms with E-state index in [-0.39, 0.29) is 34.0 Å². The molecule has 21 heavy (non-hydrogen) atoms. The van der Waals surface area contributed by atoms with E-state index in [2.05, 4.69) is 26.1 Å². The smallest absolute Gasteiger partial charge is 0.234 e. The van der Waals surface area contributed by atoms with Gasteiger partial charge in [-0.25, -0.2) is 8.78 Å². The van der Waals surface area contributed by atoms with E-state index >= 15 is 0 Å². The summed E-state index contributed by atoms with van der Waals surface area (Å²) in [7, 11) is 0. The summed E-state index contributed by atoms with van der Waals surface area (Å²) in [6, 6.07) is 2.31. The maximum Gasteiger partial charge on any atom is 0.234 e. The highest BCUT2D eigenvalue weighted by Gasteiger charge is 2.24. The van der Waals surface area contributed by atoms with Crippen molar-refractivity contribution >= 4 is 21.7 Å². The van der Waals surface area contributed by atoms with Crippen molar-refractivity contribution in [3.8, 4) is 11.4 Å². The molecule has 0 spiro atoms. The van der Waals surface area contributed by atoms with E-state index in [0.29, 0.717) is 0 Å². The second-order valence-corrected chi connectivity index (χ2v) is 6.38. The van der Waals surface area contributed by atoms with Crippen LogP contribution in [0.5, 0.6) is 0 Å². The van der Waals surface area contributed by atoms with Crippen molar-refractivity contribution in [3.05, 3.63) is 34.1 Å². The summed E-state index contributed by atoms with van der Waals surface area (Å²) >= 11 is 2.96. The minimum Gasteiger partial charge on any atom is -0.338 e. The summed E-state index contributed by atoms with van der Waals surface area (Å²) in [5.41, 5.74) is -0.260. The van der Waals surface area contributed by atoms with Gasteiger partial charge in [0.2, 0.25) is 11.7 Å². The zero-order valence-corrected chi connectivity index (χ0v) is 13.3. The Morgan fingerprint density at radius 1 is 1.33 bits per heavy atom. The van der Waals surface area contributed by atoms with Crippen LogP contribution < -0.4 is 0 Å². The standard InChI is InChI=1S/C14H13BrF2N2O2/c1-14(2,3)9(20)6-10-18-13(19-21-10)7-4-5-8(16)12(17)11(7)15/h4-5H,6H2,1-3H3. The molecule has 0 saturated carbocycles. The summed E-state index contributed by atoms with van der Waals surface area (Å²) in [5, 5.41) is 3.70. The molecule has 2 rings (SSSR count). The predicted molar refractivity (Wildman–Crippen MR) is 75.5 cm³/mol. The fourth-order valence-electron chi connectivity index (χ4n) is 1.54. The highest BCUT2D eigenvalue weighted by molar-refractivity contribution is 9.10. The van der Waals surface area contributed by atoms with E-state index in [9.17, 15) is 13.6 Å². The summed E-state index contributed by atoms with van der Waals surface area (Å²) in [6.07, 6.45) is -0.00219. The van der Waals surface area contributed by atoms with Gasteiger partial charge in [0.05, 0.1) is 10.9 Å². The number of hydrogen-bond acceptors (Lipinski definition) is 4. The van der Waals surface area contributed by atoms with E-state index < -0.39 is 17.0 Å². The van der Waals surface area contributed by atoms with Gasteiger partial charge in [-0.05, 0) is 28.1 Å². The fourth-order valence-corrected chi connectivity index (χ4v) is 2.04. The van der Waals surface area contributed by atoms with Crippen LogP contribution in [0.2, 0.25) is 0 Å². The number of ketones is 1. The zero-order valence-electron chi connectivity index (χ0n) is 11.7. The largest absolute Gasteiger partial charge is 0.338 e. The molecule has 0 N–H and O–H groups in total. The maximum atomic E-state index is 13.5. The first-order valence-electron chi connectivity index (χ1n) is 6.20. The number of aromatic nitrogens is 2. The van der Waals surface area contributed by atoms with Crippen LogP contribution in [0.25, 0.3) is 11.4 Å². The van der Waals surface area contributed by atoms with Crippen LogP contribution in [0, 0.1) is 17.0 Å². The number of Topliss-reactive ketones (excluding diaryl/α,β-unsaturated/α-hetero) is 1. The van der Waals surface area contributed by atoms with E-state index in [0.717, 1.165) is 6.07 Å². The topological polar surface area (TPSA) is 56.0 Å². The molecule has 0 atom stereocenters. The Morgan fingerprint density at radius 2 is 2.00 bits per heavy atom. The van der Waals surface area contributed by atoms with Gasteiger partial charge in [0.15, 0.2) is 11.6 Å². The first-order valence-corrected chi connectivity index (χ1v) is 6.99. The Morgan fingerprint density at radius 3 is 2.62 bits per heavy atom. The van der Waals surface area contributed by atoms with Crippen LogP contribution >= 0.6 is 15.9 Å². The van der Waals surface area contributed by atoms with Crippen molar-refractivity contribution < 1.29 is 18.1 Å². The zero-order chi connectivity index (χ0) is 15.8. The van der Waals surface area contributed by atoms with Crippen molar-refractivity contribution in [3.63, 3.8) is 0 Å². The quantitative estimate of drug-likeness (QED) is 0.779. The summed E-state index contributed by atoms with van der Waals surface area (Å²) in [5.74, 6) is -1.82. The van der Waals surface area contributed by atoms with Crippen LogP contribution in [-0.2, 0) is 11.2 Å². The lowest BCUT2D eigenvalue weighted by atomic mass is 9.89. The molecule has 0 aliphatic rings. The van der Waals surface area contributed by atoms with Crippen molar-refractivity contribution in [1.82, 2.24) is 10.1 Å². The number of benzene rings is 1. The van der Waals surface area contributed by atoms with Gasteiger partial charge >= 0.3 is 0 Å². The monoisotopic (exact) mass is 358 g/mol.